The van der Waals surface area contributed by atoms with Crippen LogP contribution in [0.1, 0.15) is 17.0 Å². The van der Waals surface area contributed by atoms with E-state index in [1.54, 1.807) is 12.1 Å². The number of ether oxygens (including phenoxy) is 1. The summed E-state index contributed by atoms with van der Waals surface area (Å²) in [5, 5.41) is 4.07. The predicted molar refractivity (Wildman–Crippen MR) is 88.7 cm³/mol. The first-order valence-electron chi connectivity index (χ1n) is 7.34. The second-order valence-electron chi connectivity index (χ2n) is 5.50. The van der Waals surface area contributed by atoms with Gasteiger partial charge in [0.25, 0.3) is 5.89 Å². The maximum Gasteiger partial charge on any atom is 0.258 e. The standard InChI is InChI=1S/C18H15N3O2/c1-11-3-2-4-13-9-14(10-22-16(11)13)17-20-18(23-21-17)12-5-7-15(19)8-6-12/h2-9H,10,19H2,1H3. The molecule has 5 nitrogen and oxygen atoms in total. The van der Waals surface area contributed by atoms with Crippen molar-refractivity contribution in [3.63, 3.8) is 0 Å². The summed E-state index contributed by atoms with van der Waals surface area (Å²) in [7, 11) is 0. The van der Waals surface area contributed by atoms with Crippen molar-refractivity contribution in [2.45, 2.75) is 6.92 Å². The van der Waals surface area contributed by atoms with E-state index >= 15 is 0 Å². The molecule has 2 N–H and O–H groups in total. The largest absolute Gasteiger partial charge is 0.488 e. The lowest BCUT2D eigenvalue weighted by Gasteiger charge is -2.17. The average molecular weight is 305 g/mol. The third-order valence-electron chi connectivity index (χ3n) is 3.81. The lowest BCUT2D eigenvalue weighted by Crippen LogP contribution is -2.08. The minimum absolute atomic E-state index is 0.429. The topological polar surface area (TPSA) is 74.2 Å². The summed E-state index contributed by atoms with van der Waals surface area (Å²) in [5.74, 6) is 1.93. The van der Waals surface area contributed by atoms with Gasteiger partial charge in [-0.15, -0.1) is 0 Å². The molecule has 23 heavy (non-hydrogen) atoms. The van der Waals surface area contributed by atoms with E-state index < -0.39 is 0 Å². The highest BCUT2D eigenvalue weighted by Gasteiger charge is 2.19. The number of benzene rings is 2. The Balaban J connectivity index is 1.68. The van der Waals surface area contributed by atoms with Gasteiger partial charge >= 0.3 is 0 Å². The van der Waals surface area contributed by atoms with Gasteiger partial charge in [0.2, 0.25) is 5.82 Å². The molecule has 1 aliphatic rings. The van der Waals surface area contributed by atoms with Crippen molar-refractivity contribution in [2.24, 2.45) is 0 Å². The molecule has 0 spiro atoms. The van der Waals surface area contributed by atoms with Gasteiger partial charge in [0.05, 0.1) is 0 Å². The number of rotatable bonds is 2. The fourth-order valence-electron chi connectivity index (χ4n) is 2.59. The molecule has 0 radical (unpaired) electrons. The molecule has 2 aromatic carbocycles. The highest BCUT2D eigenvalue weighted by atomic mass is 16.5. The average Bonchev–Trinajstić information content (AvgIpc) is 3.05. The fourth-order valence-corrected chi connectivity index (χ4v) is 2.59. The summed E-state index contributed by atoms with van der Waals surface area (Å²) in [6, 6.07) is 13.4. The van der Waals surface area contributed by atoms with E-state index in [0.29, 0.717) is 24.0 Å². The van der Waals surface area contributed by atoms with Crippen LogP contribution in [0, 0.1) is 6.92 Å². The number of nitrogens with two attached hydrogens (primary N) is 1. The van der Waals surface area contributed by atoms with Crippen molar-refractivity contribution in [3.8, 4) is 17.2 Å². The number of hydrogen-bond acceptors (Lipinski definition) is 5. The van der Waals surface area contributed by atoms with Crippen LogP contribution in [0.15, 0.2) is 47.0 Å². The van der Waals surface area contributed by atoms with Gasteiger partial charge in [0.1, 0.15) is 12.4 Å². The number of aryl methyl sites for hydroxylation is 1. The van der Waals surface area contributed by atoms with E-state index in [9.17, 15) is 0 Å². The van der Waals surface area contributed by atoms with Gasteiger partial charge in [0.15, 0.2) is 0 Å². The molecule has 0 amide bonds. The number of hydrogen-bond donors (Lipinski definition) is 1. The summed E-state index contributed by atoms with van der Waals surface area (Å²) in [6.07, 6.45) is 2.05. The molecule has 0 atom stereocenters. The van der Waals surface area contributed by atoms with Crippen molar-refractivity contribution >= 4 is 17.3 Å². The van der Waals surface area contributed by atoms with Gasteiger partial charge in [-0.05, 0) is 42.8 Å². The summed E-state index contributed by atoms with van der Waals surface area (Å²) in [4.78, 5) is 4.46. The monoisotopic (exact) mass is 305 g/mol. The van der Waals surface area contributed by atoms with Gasteiger partial charge in [-0.25, -0.2) is 0 Å². The molecule has 3 aromatic rings. The quantitative estimate of drug-likeness (QED) is 0.733. The van der Waals surface area contributed by atoms with Crippen LogP contribution in [0.3, 0.4) is 0 Å². The molecule has 0 aliphatic carbocycles. The number of anilines is 1. The van der Waals surface area contributed by atoms with Crippen LogP contribution in [-0.4, -0.2) is 16.7 Å². The van der Waals surface area contributed by atoms with Crippen molar-refractivity contribution < 1.29 is 9.26 Å². The molecule has 1 aromatic heterocycles. The first-order valence-corrected chi connectivity index (χ1v) is 7.34. The van der Waals surface area contributed by atoms with Crippen LogP contribution in [0.25, 0.3) is 23.1 Å². The lowest BCUT2D eigenvalue weighted by atomic mass is 10.0. The molecule has 2 heterocycles. The molecular weight excluding hydrogens is 290 g/mol. The van der Waals surface area contributed by atoms with Crippen LogP contribution in [0.4, 0.5) is 5.69 Å². The van der Waals surface area contributed by atoms with Crippen LogP contribution in [0.5, 0.6) is 5.75 Å². The summed E-state index contributed by atoms with van der Waals surface area (Å²) in [5.41, 5.74) is 10.3. The summed E-state index contributed by atoms with van der Waals surface area (Å²) in [6.45, 7) is 2.46. The Hall–Kier alpha value is -3.08. The van der Waals surface area contributed by atoms with Gasteiger partial charge in [-0.3, -0.25) is 0 Å². The first kappa shape index (κ1) is 13.6. The Morgan fingerprint density at radius 3 is 2.74 bits per heavy atom. The predicted octanol–water partition coefficient (Wildman–Crippen LogP) is 3.56. The molecule has 0 bridgehead atoms. The minimum atomic E-state index is 0.429. The molecule has 0 fully saturated rings. The van der Waals surface area contributed by atoms with Crippen molar-refractivity contribution in [2.75, 3.05) is 12.3 Å². The molecular formula is C18H15N3O2. The molecule has 0 saturated heterocycles. The fraction of sp³-hybridized carbons (Fsp3) is 0.111. The van der Waals surface area contributed by atoms with Crippen molar-refractivity contribution in [3.05, 3.63) is 59.4 Å². The smallest absolute Gasteiger partial charge is 0.258 e. The van der Waals surface area contributed by atoms with Crippen molar-refractivity contribution in [1.82, 2.24) is 10.1 Å². The van der Waals surface area contributed by atoms with E-state index in [4.69, 9.17) is 15.0 Å². The first-order chi connectivity index (χ1) is 11.2. The van der Waals surface area contributed by atoms with Crippen LogP contribution in [-0.2, 0) is 0 Å². The number of fused-ring (bicyclic) bond motifs is 1. The summed E-state index contributed by atoms with van der Waals surface area (Å²) < 4.78 is 11.2. The molecule has 0 unspecified atom stereocenters. The third-order valence-corrected chi connectivity index (χ3v) is 3.81. The van der Waals surface area contributed by atoms with Crippen molar-refractivity contribution in [1.29, 1.82) is 0 Å². The number of aromatic nitrogens is 2. The Bertz CT molecular complexity index is 895. The molecule has 1 aliphatic heterocycles. The van der Waals surface area contributed by atoms with E-state index in [-0.39, 0.29) is 0 Å². The lowest BCUT2D eigenvalue weighted by molar-refractivity contribution is 0.360. The SMILES string of the molecule is Cc1cccc2c1OCC(c1noc(-c3ccc(N)cc3)n1)=C2. The van der Waals surface area contributed by atoms with Crippen LogP contribution < -0.4 is 10.5 Å². The number of nitrogen functional groups attached to an aromatic ring is 1. The van der Waals surface area contributed by atoms with E-state index in [1.165, 1.54) is 0 Å². The Labute approximate surface area is 133 Å². The zero-order valence-electron chi connectivity index (χ0n) is 12.6. The van der Waals surface area contributed by atoms with Gasteiger partial charge in [-0.2, -0.15) is 4.98 Å². The van der Waals surface area contributed by atoms with Crippen LogP contribution in [0.2, 0.25) is 0 Å². The van der Waals surface area contributed by atoms with Crippen LogP contribution >= 0.6 is 0 Å². The Morgan fingerprint density at radius 1 is 1.09 bits per heavy atom. The Kier molecular flexibility index (Phi) is 3.12. The number of nitrogens with zero attached hydrogens (tertiary/aromatic N) is 2. The highest BCUT2D eigenvalue weighted by molar-refractivity contribution is 5.83. The highest BCUT2D eigenvalue weighted by Crippen LogP contribution is 2.32. The maximum absolute atomic E-state index is 5.85. The van der Waals surface area contributed by atoms with E-state index in [1.807, 2.05) is 43.3 Å². The molecule has 4 rings (SSSR count). The number of para-hydroxylation sites is 1. The Morgan fingerprint density at radius 2 is 1.91 bits per heavy atom. The zero-order valence-corrected chi connectivity index (χ0v) is 12.6. The third kappa shape index (κ3) is 2.46. The van der Waals surface area contributed by atoms with E-state index in [2.05, 4.69) is 10.1 Å². The van der Waals surface area contributed by atoms with Gasteiger partial charge in [0, 0.05) is 22.4 Å². The normalized spacial score (nSPS) is 13.2. The maximum atomic E-state index is 5.85. The summed E-state index contributed by atoms with van der Waals surface area (Å²) >= 11 is 0. The molecule has 5 heteroatoms. The van der Waals surface area contributed by atoms with E-state index in [0.717, 1.165) is 28.0 Å². The second kappa shape index (κ2) is 5.28. The zero-order chi connectivity index (χ0) is 15.8. The van der Waals surface area contributed by atoms with Gasteiger partial charge in [-0.1, -0.05) is 23.4 Å². The van der Waals surface area contributed by atoms with Gasteiger partial charge < -0.3 is 15.0 Å². The second-order valence-corrected chi connectivity index (χ2v) is 5.50. The molecule has 114 valence electrons. The molecule has 0 saturated carbocycles. The minimum Gasteiger partial charge on any atom is -0.488 e.